The molecule has 0 radical (unpaired) electrons. The Kier molecular flexibility index (Phi) is 9.85. The Labute approximate surface area is 247 Å². The zero-order valence-corrected chi connectivity index (χ0v) is 26.0. The number of nitrogens with zero attached hydrogens (tertiary/aromatic N) is 7. The summed E-state index contributed by atoms with van der Waals surface area (Å²) in [5.74, 6) is 0.369. The van der Waals surface area contributed by atoms with Crippen molar-refractivity contribution in [2.75, 3.05) is 91.9 Å². The molecular formula is C30H55N7O4. The van der Waals surface area contributed by atoms with E-state index in [1.54, 1.807) is 0 Å². The molecule has 7 fully saturated rings. The second kappa shape index (κ2) is 13.4. The minimum Gasteiger partial charge on any atom is -0.394 e. The summed E-state index contributed by atoms with van der Waals surface area (Å²) in [5.41, 5.74) is 0.471. The molecule has 0 aromatic rings. The zero-order valence-electron chi connectivity index (χ0n) is 26.0. The highest BCUT2D eigenvalue weighted by atomic mass is 16.6. The van der Waals surface area contributed by atoms with Gasteiger partial charge < -0.3 is 19.0 Å². The van der Waals surface area contributed by atoms with Gasteiger partial charge in [-0.05, 0) is 59.3 Å². The molecule has 6 heterocycles. The number of hydrogen-bond acceptors (Lipinski definition) is 11. The van der Waals surface area contributed by atoms with E-state index in [0.29, 0.717) is 12.5 Å². The lowest BCUT2D eigenvalue weighted by Gasteiger charge is -2.62. The SMILES string of the molecule is CC1(C)O[C@@]2(C)CC[C@@H]1[C@@H](N(N1CCCCC1)N1CCCCC1)/C2=N/OCCN(N1CCOCC1)N1CCOCC1. The highest BCUT2D eigenvalue weighted by Crippen LogP contribution is 2.50. The van der Waals surface area contributed by atoms with Gasteiger partial charge in [0.2, 0.25) is 0 Å². The molecule has 11 heteroatoms. The predicted molar refractivity (Wildman–Crippen MR) is 158 cm³/mol. The van der Waals surface area contributed by atoms with Gasteiger partial charge in [-0.25, -0.2) is 20.0 Å². The highest BCUT2D eigenvalue weighted by Gasteiger charge is 2.61. The lowest BCUT2D eigenvalue weighted by atomic mass is 9.64. The van der Waals surface area contributed by atoms with Crippen LogP contribution in [0.25, 0.3) is 0 Å². The molecule has 0 spiro atoms. The quantitative estimate of drug-likeness (QED) is 0.302. The molecule has 0 unspecified atom stereocenters. The Morgan fingerprint density at radius 3 is 1.80 bits per heavy atom. The molecule has 1 saturated carbocycles. The molecule has 6 saturated heterocycles. The smallest absolute Gasteiger partial charge is 0.132 e. The molecule has 0 N–H and O–H groups in total. The van der Waals surface area contributed by atoms with E-state index in [9.17, 15) is 0 Å². The second-order valence-electron chi connectivity index (χ2n) is 13.4. The van der Waals surface area contributed by atoms with Gasteiger partial charge in [0.05, 0.1) is 44.6 Å². The normalized spacial score (nSPS) is 35.5. The van der Waals surface area contributed by atoms with Gasteiger partial charge >= 0.3 is 0 Å². The van der Waals surface area contributed by atoms with Gasteiger partial charge in [-0.2, -0.15) is 10.2 Å². The lowest BCUT2D eigenvalue weighted by Crippen LogP contribution is -2.74. The van der Waals surface area contributed by atoms with Crippen molar-refractivity contribution in [1.82, 2.24) is 30.3 Å². The van der Waals surface area contributed by atoms with Crippen LogP contribution >= 0.6 is 0 Å². The largest absolute Gasteiger partial charge is 0.394 e. The third-order valence-electron chi connectivity index (χ3n) is 10.2. The molecule has 1 aliphatic carbocycles. The minimum absolute atomic E-state index is 0.170. The first-order valence-corrected chi connectivity index (χ1v) is 16.6. The maximum atomic E-state index is 6.87. The third kappa shape index (κ3) is 6.63. The average Bonchev–Trinajstić information content (AvgIpc) is 2.99. The van der Waals surface area contributed by atoms with Crippen LogP contribution in [0, 0.1) is 5.92 Å². The Hall–Kier alpha value is -0.890. The van der Waals surface area contributed by atoms with Crippen LogP contribution in [0.5, 0.6) is 0 Å². The van der Waals surface area contributed by atoms with E-state index in [-0.39, 0.29) is 11.6 Å². The van der Waals surface area contributed by atoms with Crippen molar-refractivity contribution >= 4 is 5.71 Å². The summed E-state index contributed by atoms with van der Waals surface area (Å²) in [7, 11) is 0. The number of piperidine rings is 2. The lowest BCUT2D eigenvalue weighted by molar-refractivity contribution is -0.268. The van der Waals surface area contributed by atoms with Gasteiger partial charge in [0.25, 0.3) is 0 Å². The van der Waals surface area contributed by atoms with E-state index in [4.69, 9.17) is 24.2 Å². The van der Waals surface area contributed by atoms with E-state index < -0.39 is 5.60 Å². The van der Waals surface area contributed by atoms with Crippen molar-refractivity contribution in [3.63, 3.8) is 0 Å². The molecule has 11 nitrogen and oxygen atoms in total. The first kappa shape index (κ1) is 30.1. The fourth-order valence-corrected chi connectivity index (χ4v) is 8.09. The molecular weight excluding hydrogens is 522 g/mol. The average molecular weight is 578 g/mol. The fraction of sp³-hybridized carbons (Fsp3) is 0.967. The second-order valence-corrected chi connectivity index (χ2v) is 13.4. The number of hydrazine groups is 4. The van der Waals surface area contributed by atoms with Crippen molar-refractivity contribution in [3.8, 4) is 0 Å². The third-order valence-corrected chi connectivity index (χ3v) is 10.2. The highest BCUT2D eigenvalue weighted by molar-refractivity contribution is 5.98. The molecule has 2 bridgehead atoms. The first-order chi connectivity index (χ1) is 20.0. The van der Waals surface area contributed by atoms with Crippen LogP contribution in [0.2, 0.25) is 0 Å². The van der Waals surface area contributed by atoms with Crippen molar-refractivity contribution < 1.29 is 19.0 Å². The molecule has 0 amide bonds. The summed E-state index contributed by atoms with van der Waals surface area (Å²) in [6, 6.07) is 0.170. The van der Waals surface area contributed by atoms with Gasteiger partial charge in [-0.3, -0.25) is 0 Å². The maximum Gasteiger partial charge on any atom is 0.132 e. The summed E-state index contributed by atoms with van der Waals surface area (Å²) >= 11 is 0. The van der Waals surface area contributed by atoms with Crippen LogP contribution in [-0.2, 0) is 19.0 Å². The topological polar surface area (TPSA) is 68.7 Å². The van der Waals surface area contributed by atoms with Gasteiger partial charge in [-0.15, -0.1) is 0 Å². The van der Waals surface area contributed by atoms with Crippen molar-refractivity contribution in [2.24, 2.45) is 11.1 Å². The standard InChI is InChI=1S/C30H55N7O4/c1-29(2)26-10-11-30(3,41-29)28(27(26)37(34-12-6-4-7-13-34)35-14-8-5-9-15-35)31-40-25-20-36(32-16-21-38-22-17-32)33-18-23-39-24-19-33/h26-27H,4-25H2,1-3H3/b31-28-/t26-,27-,30+/m1/s1. The Balaban J connectivity index is 1.23. The fourth-order valence-electron chi connectivity index (χ4n) is 8.09. The van der Waals surface area contributed by atoms with Gasteiger partial charge in [0.15, 0.2) is 0 Å². The number of rotatable bonds is 9. The van der Waals surface area contributed by atoms with Crippen LogP contribution in [0.1, 0.15) is 72.1 Å². The molecule has 6 aliphatic heterocycles. The van der Waals surface area contributed by atoms with Crippen molar-refractivity contribution in [1.29, 1.82) is 0 Å². The summed E-state index contributed by atoms with van der Waals surface area (Å²) in [6.07, 6.45) is 9.88. The molecule has 41 heavy (non-hydrogen) atoms. The molecule has 7 rings (SSSR count). The zero-order chi connectivity index (χ0) is 28.3. The van der Waals surface area contributed by atoms with Crippen LogP contribution in [0.15, 0.2) is 5.16 Å². The van der Waals surface area contributed by atoms with Crippen LogP contribution < -0.4 is 0 Å². The number of fused-ring (bicyclic) bond motifs is 3. The van der Waals surface area contributed by atoms with E-state index in [0.717, 1.165) is 104 Å². The van der Waals surface area contributed by atoms with Crippen molar-refractivity contribution in [3.05, 3.63) is 0 Å². The molecule has 7 aliphatic rings. The maximum absolute atomic E-state index is 6.87. The van der Waals surface area contributed by atoms with Crippen molar-refractivity contribution in [2.45, 2.75) is 89.4 Å². The summed E-state index contributed by atoms with van der Waals surface area (Å²) < 4.78 is 18.1. The molecule has 3 atom stereocenters. The number of hydrogen-bond donors (Lipinski definition) is 0. The van der Waals surface area contributed by atoms with E-state index in [2.05, 4.69) is 51.0 Å². The Morgan fingerprint density at radius 2 is 1.29 bits per heavy atom. The molecule has 0 aromatic heterocycles. The minimum atomic E-state index is -0.416. The first-order valence-electron chi connectivity index (χ1n) is 16.6. The summed E-state index contributed by atoms with van der Waals surface area (Å²) in [5, 5.41) is 20.2. The monoisotopic (exact) mass is 577 g/mol. The van der Waals surface area contributed by atoms with E-state index >= 15 is 0 Å². The van der Waals surface area contributed by atoms with Crippen LogP contribution in [0.4, 0.5) is 0 Å². The number of oxime groups is 1. The van der Waals surface area contributed by atoms with E-state index in [1.807, 2.05) is 0 Å². The molecule has 0 aromatic carbocycles. The predicted octanol–water partition coefficient (Wildman–Crippen LogP) is 2.61. The Morgan fingerprint density at radius 1 is 0.756 bits per heavy atom. The van der Waals surface area contributed by atoms with Crippen LogP contribution in [-0.4, -0.2) is 145 Å². The molecule has 234 valence electrons. The van der Waals surface area contributed by atoms with Gasteiger partial charge in [0.1, 0.15) is 17.9 Å². The van der Waals surface area contributed by atoms with Gasteiger partial charge in [0, 0.05) is 58.3 Å². The Bertz CT molecular complexity index is 833. The van der Waals surface area contributed by atoms with Gasteiger partial charge in [-0.1, -0.05) is 18.0 Å². The summed E-state index contributed by atoms with van der Waals surface area (Å²) in [6.45, 7) is 19.3. The van der Waals surface area contributed by atoms with Crippen LogP contribution in [0.3, 0.4) is 0 Å². The summed E-state index contributed by atoms with van der Waals surface area (Å²) in [4.78, 5) is 6.31. The number of ether oxygens (including phenoxy) is 3. The number of morpholine rings is 2. The van der Waals surface area contributed by atoms with E-state index in [1.165, 1.54) is 38.5 Å².